The summed E-state index contributed by atoms with van der Waals surface area (Å²) in [5.74, 6) is -1.75. The molecule has 0 spiro atoms. The van der Waals surface area contributed by atoms with Crippen LogP contribution in [-0.2, 0) is 28.6 Å². The SMILES string of the molecule is CO[C@H]1[C@@H](O)[C@H](O)[C@H](OC[C@@]23C[C@@H]4[C@H](C)CC[C@H]4[C@@]4(C=O)C[C@@H]2C(=O)C(=C(C)C)[C@@]34C(=O)O)O[C@@H]1C. The van der Waals surface area contributed by atoms with Gasteiger partial charge in [-0.05, 0) is 57.8 Å². The van der Waals surface area contributed by atoms with Crippen molar-refractivity contribution < 1.29 is 43.9 Å². The maximum atomic E-state index is 13.8. The molecule has 12 atom stereocenters. The van der Waals surface area contributed by atoms with Crippen LogP contribution in [-0.4, -0.2) is 77.8 Å². The van der Waals surface area contributed by atoms with Crippen LogP contribution in [0.2, 0.25) is 0 Å². The smallest absolute Gasteiger partial charge is 0.315 e. The zero-order valence-electron chi connectivity index (χ0n) is 21.6. The van der Waals surface area contributed by atoms with Crippen molar-refractivity contribution in [1.82, 2.24) is 0 Å². The molecule has 4 aliphatic carbocycles. The number of carboxylic acid groups (broad SMARTS) is 1. The van der Waals surface area contributed by atoms with Gasteiger partial charge in [0.15, 0.2) is 12.1 Å². The first-order valence-electron chi connectivity index (χ1n) is 13.0. The van der Waals surface area contributed by atoms with Gasteiger partial charge in [-0.25, -0.2) is 0 Å². The summed E-state index contributed by atoms with van der Waals surface area (Å²) in [7, 11) is 1.42. The predicted molar refractivity (Wildman–Crippen MR) is 126 cm³/mol. The van der Waals surface area contributed by atoms with Crippen molar-refractivity contribution in [1.29, 1.82) is 0 Å². The van der Waals surface area contributed by atoms with Crippen LogP contribution in [0.3, 0.4) is 0 Å². The van der Waals surface area contributed by atoms with Gasteiger partial charge in [-0.3, -0.25) is 9.59 Å². The summed E-state index contributed by atoms with van der Waals surface area (Å²) < 4.78 is 17.2. The molecular weight excluding hydrogens is 468 g/mol. The molecule has 0 aromatic heterocycles. The van der Waals surface area contributed by atoms with E-state index in [-0.39, 0.29) is 36.2 Å². The van der Waals surface area contributed by atoms with Crippen LogP contribution < -0.4 is 0 Å². The van der Waals surface area contributed by atoms with Crippen LogP contribution in [0.25, 0.3) is 0 Å². The second kappa shape index (κ2) is 8.43. The highest BCUT2D eigenvalue weighted by atomic mass is 16.7. The van der Waals surface area contributed by atoms with E-state index in [1.807, 2.05) is 0 Å². The Hall–Kier alpha value is -1.65. The van der Waals surface area contributed by atoms with Crippen molar-refractivity contribution in [2.45, 2.75) is 84.1 Å². The molecular formula is C27H38O9. The Balaban J connectivity index is 1.62. The number of rotatable bonds is 6. The van der Waals surface area contributed by atoms with E-state index < -0.39 is 58.8 Å². The highest BCUT2D eigenvalue weighted by Crippen LogP contribution is 2.83. The second-order valence-electron chi connectivity index (χ2n) is 12.1. The number of aliphatic hydroxyl groups is 2. The number of ketones is 1. The molecule has 36 heavy (non-hydrogen) atoms. The molecule has 4 bridgehead atoms. The van der Waals surface area contributed by atoms with Crippen molar-refractivity contribution >= 4 is 18.0 Å². The number of hydrogen-bond donors (Lipinski definition) is 3. The highest BCUT2D eigenvalue weighted by Gasteiger charge is 2.87. The molecule has 0 aromatic rings. The second-order valence-corrected chi connectivity index (χ2v) is 12.1. The lowest BCUT2D eigenvalue weighted by atomic mass is 9.43. The number of carbonyl (C=O) groups is 3. The summed E-state index contributed by atoms with van der Waals surface area (Å²) in [5, 5.41) is 32.3. The Kier molecular flexibility index (Phi) is 6.08. The number of ether oxygens (including phenoxy) is 3. The largest absolute Gasteiger partial charge is 0.481 e. The van der Waals surface area contributed by atoms with Crippen LogP contribution in [0.5, 0.6) is 0 Å². The first kappa shape index (κ1) is 26.0. The minimum atomic E-state index is -1.70. The molecule has 5 fully saturated rings. The fourth-order valence-corrected chi connectivity index (χ4v) is 9.33. The molecule has 0 amide bonds. The van der Waals surface area contributed by atoms with E-state index >= 15 is 0 Å². The zero-order chi connectivity index (χ0) is 26.4. The quantitative estimate of drug-likeness (QED) is 0.363. The summed E-state index contributed by atoms with van der Waals surface area (Å²) in [4.78, 5) is 40.3. The van der Waals surface area contributed by atoms with E-state index in [2.05, 4.69) is 6.92 Å². The lowest BCUT2D eigenvalue weighted by Crippen LogP contribution is -2.64. The number of fused-ring (bicyclic) bond motifs is 2. The molecule has 9 heteroatoms. The van der Waals surface area contributed by atoms with Gasteiger partial charge in [0.1, 0.15) is 30.0 Å². The zero-order valence-corrected chi connectivity index (χ0v) is 21.6. The van der Waals surface area contributed by atoms with Crippen molar-refractivity contribution in [2.24, 2.45) is 39.9 Å². The van der Waals surface area contributed by atoms with Crippen molar-refractivity contribution in [3.63, 3.8) is 0 Å². The van der Waals surface area contributed by atoms with Crippen LogP contribution in [0.1, 0.15) is 53.4 Å². The van der Waals surface area contributed by atoms with Crippen molar-refractivity contribution in [3.8, 4) is 0 Å². The fraction of sp³-hybridized carbons (Fsp3) is 0.815. The summed E-state index contributed by atoms with van der Waals surface area (Å²) in [6.45, 7) is 7.15. The number of Topliss-reactive ketones (excluding diaryl/α,β-unsaturated/α-hetero) is 1. The van der Waals surface area contributed by atoms with Gasteiger partial charge >= 0.3 is 5.97 Å². The molecule has 4 saturated carbocycles. The number of aldehydes is 1. The Morgan fingerprint density at radius 2 is 1.86 bits per heavy atom. The molecule has 5 rings (SSSR count). The summed E-state index contributed by atoms with van der Waals surface area (Å²) in [6, 6.07) is 0. The predicted octanol–water partition coefficient (Wildman–Crippen LogP) is 1.73. The number of carbonyl (C=O) groups excluding carboxylic acids is 2. The van der Waals surface area contributed by atoms with E-state index in [1.54, 1.807) is 20.8 Å². The van der Waals surface area contributed by atoms with Gasteiger partial charge in [0.2, 0.25) is 0 Å². The Bertz CT molecular complexity index is 1000. The average Bonchev–Trinajstić information content (AvgIpc) is 3.35. The molecule has 5 aliphatic rings. The molecule has 0 aromatic carbocycles. The van der Waals surface area contributed by atoms with Gasteiger partial charge in [0, 0.05) is 24.0 Å². The average molecular weight is 507 g/mol. The van der Waals surface area contributed by atoms with Crippen LogP contribution in [0.4, 0.5) is 0 Å². The third-order valence-electron chi connectivity index (χ3n) is 10.6. The molecule has 0 radical (unpaired) electrons. The monoisotopic (exact) mass is 506 g/mol. The maximum absolute atomic E-state index is 13.8. The van der Waals surface area contributed by atoms with Crippen molar-refractivity contribution in [3.05, 3.63) is 11.1 Å². The van der Waals surface area contributed by atoms with Crippen LogP contribution in [0.15, 0.2) is 11.1 Å². The van der Waals surface area contributed by atoms with Gasteiger partial charge in [-0.1, -0.05) is 18.9 Å². The third-order valence-corrected chi connectivity index (χ3v) is 10.6. The Labute approximate surface area is 211 Å². The molecule has 200 valence electrons. The molecule has 1 heterocycles. The van der Waals surface area contributed by atoms with Gasteiger partial charge in [0.25, 0.3) is 0 Å². The third kappa shape index (κ3) is 2.81. The Morgan fingerprint density at radius 1 is 1.17 bits per heavy atom. The maximum Gasteiger partial charge on any atom is 0.315 e. The lowest BCUT2D eigenvalue weighted by Gasteiger charge is -2.57. The molecule has 9 nitrogen and oxygen atoms in total. The number of allylic oxidation sites excluding steroid dienone is 1. The lowest BCUT2D eigenvalue weighted by molar-refractivity contribution is -0.306. The van der Waals surface area contributed by atoms with Gasteiger partial charge in [-0.15, -0.1) is 0 Å². The number of hydrogen-bond acceptors (Lipinski definition) is 8. The minimum Gasteiger partial charge on any atom is -0.481 e. The van der Waals surface area contributed by atoms with Crippen LogP contribution in [0, 0.1) is 39.9 Å². The van der Waals surface area contributed by atoms with Gasteiger partial charge < -0.3 is 34.3 Å². The number of methoxy groups -OCH3 is 1. The van der Waals surface area contributed by atoms with Gasteiger partial charge in [-0.2, -0.15) is 0 Å². The van der Waals surface area contributed by atoms with Crippen LogP contribution >= 0.6 is 0 Å². The number of carboxylic acids is 1. The summed E-state index contributed by atoms with van der Waals surface area (Å²) in [5.41, 5.74) is -3.19. The Morgan fingerprint density at radius 3 is 2.44 bits per heavy atom. The van der Waals surface area contributed by atoms with Gasteiger partial charge in [0.05, 0.1) is 18.1 Å². The summed E-state index contributed by atoms with van der Waals surface area (Å²) in [6.07, 6.45) is -2.06. The topological polar surface area (TPSA) is 140 Å². The first-order chi connectivity index (χ1) is 16.9. The summed E-state index contributed by atoms with van der Waals surface area (Å²) >= 11 is 0. The normalized spacial score (nSPS) is 51.4. The molecule has 0 unspecified atom stereocenters. The molecule has 3 N–H and O–H groups in total. The van der Waals surface area contributed by atoms with E-state index in [0.717, 1.165) is 19.1 Å². The molecule has 1 saturated heterocycles. The minimum absolute atomic E-state index is 0.0974. The number of aliphatic carboxylic acids is 1. The standard InChI is InChI=1S/C27H38O9/c1-12(2)18-19(29)17-9-25(10-28)16-7-6-13(3)15(16)8-26(17,27(18,25)24(32)33)11-35-23-21(31)20(30)22(34-5)14(4)36-23/h10,13-17,20-23,30-31H,6-9,11H2,1-5H3,(H,32,33)/t13-,14-,15-,16-,17-,20+,21+,22-,23-,25+,26+,27+/m1/s1. The van der Waals surface area contributed by atoms with Crippen molar-refractivity contribution in [2.75, 3.05) is 13.7 Å². The first-order valence-corrected chi connectivity index (χ1v) is 13.0. The van der Waals surface area contributed by atoms with E-state index in [0.29, 0.717) is 17.9 Å². The number of aliphatic hydroxyl groups excluding tert-OH is 2. The van der Waals surface area contributed by atoms with E-state index in [4.69, 9.17) is 14.2 Å². The highest BCUT2D eigenvalue weighted by molar-refractivity contribution is 6.13. The van der Waals surface area contributed by atoms with E-state index in [1.165, 1.54) is 7.11 Å². The fourth-order valence-electron chi connectivity index (χ4n) is 9.33. The molecule has 1 aliphatic heterocycles. The van der Waals surface area contributed by atoms with E-state index in [9.17, 15) is 29.7 Å².